The molecule has 0 radical (unpaired) electrons. The third kappa shape index (κ3) is 2.88. The Morgan fingerprint density at radius 2 is 2.00 bits per heavy atom. The Hall–Kier alpha value is -1.19. The molecule has 0 bridgehead atoms. The highest BCUT2D eigenvalue weighted by Crippen LogP contribution is 2.43. The molecular weight excluding hydrogens is 257 g/mol. The van der Waals surface area contributed by atoms with E-state index in [0.29, 0.717) is 12.0 Å². The van der Waals surface area contributed by atoms with Gasteiger partial charge in [-0.05, 0) is 43.2 Å². The zero-order valence-corrected chi connectivity index (χ0v) is 11.8. The molecule has 2 unspecified atom stereocenters. The zero-order valence-electron chi connectivity index (χ0n) is 11.0. The van der Waals surface area contributed by atoms with Crippen molar-refractivity contribution in [1.82, 2.24) is 5.32 Å². The molecule has 100 valence electrons. The molecule has 1 fully saturated rings. The van der Waals surface area contributed by atoms with Crippen LogP contribution in [-0.4, -0.2) is 0 Å². The Morgan fingerprint density at radius 1 is 1.21 bits per heavy atom. The van der Waals surface area contributed by atoms with E-state index in [4.69, 9.17) is 0 Å². The number of benzene rings is 1. The normalized spacial score (nSPS) is 18.2. The second kappa shape index (κ2) is 5.43. The maximum Gasteiger partial charge on any atom is 0.127 e. The number of halogens is 1. The molecule has 0 aliphatic heterocycles. The van der Waals surface area contributed by atoms with Crippen LogP contribution < -0.4 is 5.32 Å². The Balaban J connectivity index is 1.77. The van der Waals surface area contributed by atoms with Crippen molar-refractivity contribution in [3.63, 3.8) is 0 Å². The third-order valence-electron chi connectivity index (χ3n) is 3.74. The van der Waals surface area contributed by atoms with E-state index in [-0.39, 0.29) is 11.9 Å². The van der Waals surface area contributed by atoms with Crippen LogP contribution in [0.2, 0.25) is 0 Å². The van der Waals surface area contributed by atoms with E-state index in [1.807, 2.05) is 19.1 Å². The van der Waals surface area contributed by atoms with Gasteiger partial charge in [0, 0.05) is 22.5 Å². The minimum Gasteiger partial charge on any atom is -0.302 e. The predicted molar refractivity (Wildman–Crippen MR) is 77.7 cm³/mol. The molecule has 1 aromatic heterocycles. The van der Waals surface area contributed by atoms with Gasteiger partial charge in [-0.3, -0.25) is 0 Å². The lowest BCUT2D eigenvalue weighted by Gasteiger charge is -2.23. The standard InChI is InChI=1S/C16H18FNS/c1-11(13-5-2-3-6-14(13)17)18-16(12-8-9-12)15-7-4-10-19-15/h2-7,10-12,16,18H,8-9H2,1H3. The van der Waals surface area contributed by atoms with Gasteiger partial charge in [0.25, 0.3) is 0 Å². The molecule has 1 aliphatic carbocycles. The number of hydrogen-bond acceptors (Lipinski definition) is 2. The molecule has 2 atom stereocenters. The van der Waals surface area contributed by atoms with Crippen molar-refractivity contribution in [2.24, 2.45) is 5.92 Å². The number of nitrogens with one attached hydrogen (secondary N) is 1. The maximum atomic E-state index is 13.8. The lowest BCUT2D eigenvalue weighted by Crippen LogP contribution is -2.26. The van der Waals surface area contributed by atoms with Crippen LogP contribution in [-0.2, 0) is 0 Å². The van der Waals surface area contributed by atoms with Crippen LogP contribution in [0.3, 0.4) is 0 Å². The minimum atomic E-state index is -0.122. The molecule has 1 heterocycles. The first-order valence-electron chi connectivity index (χ1n) is 6.79. The highest BCUT2D eigenvalue weighted by molar-refractivity contribution is 7.10. The predicted octanol–water partition coefficient (Wildman–Crippen LogP) is 4.69. The Bertz CT molecular complexity index is 533. The lowest BCUT2D eigenvalue weighted by molar-refractivity contribution is 0.422. The van der Waals surface area contributed by atoms with Crippen LogP contribution in [0, 0.1) is 11.7 Å². The van der Waals surface area contributed by atoms with Gasteiger partial charge in [0.05, 0.1) is 0 Å². The van der Waals surface area contributed by atoms with Crippen molar-refractivity contribution >= 4 is 11.3 Å². The highest BCUT2D eigenvalue weighted by Gasteiger charge is 2.33. The van der Waals surface area contributed by atoms with Gasteiger partial charge in [0.1, 0.15) is 5.82 Å². The van der Waals surface area contributed by atoms with E-state index in [0.717, 1.165) is 5.56 Å². The summed E-state index contributed by atoms with van der Waals surface area (Å²) in [5.41, 5.74) is 0.754. The molecule has 3 heteroatoms. The molecule has 1 aliphatic rings. The van der Waals surface area contributed by atoms with Gasteiger partial charge >= 0.3 is 0 Å². The molecule has 1 aromatic carbocycles. The molecule has 0 spiro atoms. The van der Waals surface area contributed by atoms with Crippen LogP contribution in [0.4, 0.5) is 4.39 Å². The minimum absolute atomic E-state index is 0.0360. The topological polar surface area (TPSA) is 12.0 Å². The largest absolute Gasteiger partial charge is 0.302 e. The summed E-state index contributed by atoms with van der Waals surface area (Å²) in [4.78, 5) is 1.37. The molecule has 3 rings (SSSR count). The van der Waals surface area contributed by atoms with Gasteiger partial charge in [0.2, 0.25) is 0 Å². The monoisotopic (exact) mass is 275 g/mol. The van der Waals surface area contributed by atoms with Gasteiger partial charge in [0.15, 0.2) is 0 Å². The van der Waals surface area contributed by atoms with Crippen molar-refractivity contribution < 1.29 is 4.39 Å². The van der Waals surface area contributed by atoms with E-state index in [2.05, 4.69) is 22.8 Å². The summed E-state index contributed by atoms with van der Waals surface area (Å²) >= 11 is 1.78. The lowest BCUT2D eigenvalue weighted by atomic mass is 10.0. The smallest absolute Gasteiger partial charge is 0.127 e. The summed E-state index contributed by atoms with van der Waals surface area (Å²) < 4.78 is 13.8. The maximum absolute atomic E-state index is 13.8. The summed E-state index contributed by atoms with van der Waals surface area (Å²) in [6.45, 7) is 2.04. The Labute approximate surface area is 117 Å². The van der Waals surface area contributed by atoms with E-state index >= 15 is 0 Å². The molecular formula is C16H18FNS. The fourth-order valence-corrected chi connectivity index (χ4v) is 3.41. The van der Waals surface area contributed by atoms with E-state index in [9.17, 15) is 4.39 Å². The average molecular weight is 275 g/mol. The van der Waals surface area contributed by atoms with Gasteiger partial charge in [-0.2, -0.15) is 0 Å². The quantitative estimate of drug-likeness (QED) is 0.834. The molecule has 0 amide bonds. The van der Waals surface area contributed by atoms with Crippen LogP contribution in [0.15, 0.2) is 41.8 Å². The first-order chi connectivity index (χ1) is 9.25. The summed E-state index contributed by atoms with van der Waals surface area (Å²) in [5, 5.41) is 5.72. The molecule has 0 saturated heterocycles. The summed E-state index contributed by atoms with van der Waals surface area (Å²) in [6.07, 6.45) is 2.55. The first kappa shape index (κ1) is 12.8. The number of hydrogen-bond donors (Lipinski definition) is 1. The van der Waals surface area contributed by atoms with E-state index in [1.54, 1.807) is 17.4 Å². The summed E-state index contributed by atoms with van der Waals surface area (Å²) in [7, 11) is 0. The molecule has 1 nitrogen and oxygen atoms in total. The second-order valence-electron chi connectivity index (χ2n) is 5.24. The second-order valence-corrected chi connectivity index (χ2v) is 6.22. The Kier molecular flexibility index (Phi) is 3.67. The SMILES string of the molecule is CC(NC(c1cccs1)C1CC1)c1ccccc1F. The third-order valence-corrected chi connectivity index (χ3v) is 4.70. The highest BCUT2D eigenvalue weighted by atomic mass is 32.1. The molecule has 19 heavy (non-hydrogen) atoms. The number of thiophene rings is 1. The first-order valence-corrected chi connectivity index (χ1v) is 7.67. The van der Waals surface area contributed by atoms with Crippen molar-refractivity contribution in [1.29, 1.82) is 0 Å². The molecule has 2 aromatic rings. The van der Waals surface area contributed by atoms with E-state index < -0.39 is 0 Å². The fourth-order valence-electron chi connectivity index (χ4n) is 2.53. The Morgan fingerprint density at radius 3 is 2.63 bits per heavy atom. The van der Waals surface area contributed by atoms with Gasteiger partial charge in [-0.1, -0.05) is 24.3 Å². The van der Waals surface area contributed by atoms with Crippen LogP contribution in [0.1, 0.15) is 42.3 Å². The van der Waals surface area contributed by atoms with Crippen molar-refractivity contribution in [2.75, 3.05) is 0 Å². The summed E-state index contributed by atoms with van der Waals surface area (Å²) in [5.74, 6) is 0.594. The number of rotatable bonds is 5. The van der Waals surface area contributed by atoms with Gasteiger partial charge in [-0.25, -0.2) is 4.39 Å². The van der Waals surface area contributed by atoms with Crippen molar-refractivity contribution in [2.45, 2.75) is 31.8 Å². The summed E-state index contributed by atoms with van der Waals surface area (Å²) in [6, 6.07) is 11.7. The van der Waals surface area contributed by atoms with Crippen molar-refractivity contribution in [3.05, 3.63) is 58.0 Å². The zero-order chi connectivity index (χ0) is 13.2. The molecule has 1 N–H and O–H groups in total. The van der Waals surface area contributed by atoms with Crippen LogP contribution in [0.25, 0.3) is 0 Å². The molecule has 1 saturated carbocycles. The van der Waals surface area contributed by atoms with Crippen LogP contribution >= 0.6 is 11.3 Å². The van der Waals surface area contributed by atoms with Crippen molar-refractivity contribution in [3.8, 4) is 0 Å². The van der Waals surface area contributed by atoms with Gasteiger partial charge < -0.3 is 5.32 Å². The van der Waals surface area contributed by atoms with E-state index in [1.165, 1.54) is 23.8 Å². The van der Waals surface area contributed by atoms with Gasteiger partial charge in [-0.15, -0.1) is 11.3 Å². The average Bonchev–Trinajstić information content (AvgIpc) is 3.11. The fraction of sp³-hybridized carbons (Fsp3) is 0.375. The van der Waals surface area contributed by atoms with Crippen LogP contribution in [0.5, 0.6) is 0 Å².